The Kier molecular flexibility index (Phi) is 2.60. The maximum atomic E-state index is 5.26. The zero-order valence-corrected chi connectivity index (χ0v) is 9.76. The molecule has 1 aliphatic heterocycles. The molecule has 5 heteroatoms. The van der Waals surface area contributed by atoms with E-state index in [0.717, 1.165) is 37.8 Å². The Hall–Kier alpha value is -1.75. The molecule has 0 fully saturated rings. The summed E-state index contributed by atoms with van der Waals surface area (Å²) in [6.07, 6.45) is 6.19. The van der Waals surface area contributed by atoms with Gasteiger partial charge in [0, 0.05) is 37.0 Å². The summed E-state index contributed by atoms with van der Waals surface area (Å²) in [5, 5.41) is 0. The third-order valence-corrected chi connectivity index (χ3v) is 2.98. The molecule has 0 radical (unpaired) electrons. The highest BCUT2D eigenvalue weighted by Crippen LogP contribution is 2.17. The van der Waals surface area contributed by atoms with Crippen molar-refractivity contribution in [1.29, 1.82) is 0 Å². The minimum absolute atomic E-state index is 0.750. The molecule has 0 saturated carbocycles. The van der Waals surface area contributed by atoms with Crippen LogP contribution in [0.4, 0.5) is 0 Å². The van der Waals surface area contributed by atoms with E-state index >= 15 is 0 Å². The fourth-order valence-corrected chi connectivity index (χ4v) is 2.13. The van der Waals surface area contributed by atoms with Crippen molar-refractivity contribution in [2.24, 2.45) is 0 Å². The molecule has 1 aliphatic rings. The van der Waals surface area contributed by atoms with Gasteiger partial charge in [0.2, 0.25) is 5.89 Å². The quantitative estimate of drug-likeness (QED) is 0.779. The van der Waals surface area contributed by atoms with Crippen molar-refractivity contribution >= 4 is 0 Å². The molecule has 88 valence electrons. The third kappa shape index (κ3) is 2.19. The molecule has 0 aromatic carbocycles. The van der Waals surface area contributed by atoms with Crippen LogP contribution >= 0.6 is 0 Å². The van der Waals surface area contributed by atoms with Gasteiger partial charge >= 0.3 is 0 Å². The lowest BCUT2D eigenvalue weighted by Gasteiger charge is -2.26. The van der Waals surface area contributed by atoms with Crippen LogP contribution < -0.4 is 0 Å². The van der Waals surface area contributed by atoms with E-state index in [2.05, 4.69) is 19.9 Å². The molecular formula is C12H14N4O. The summed E-state index contributed by atoms with van der Waals surface area (Å²) < 4.78 is 5.26. The van der Waals surface area contributed by atoms with Gasteiger partial charge < -0.3 is 4.42 Å². The second-order valence-electron chi connectivity index (χ2n) is 4.28. The van der Waals surface area contributed by atoms with Crippen LogP contribution in [0.15, 0.2) is 23.1 Å². The van der Waals surface area contributed by atoms with Gasteiger partial charge in [0.15, 0.2) is 0 Å². The van der Waals surface area contributed by atoms with Crippen LogP contribution in [0.25, 0.3) is 0 Å². The molecule has 3 heterocycles. The maximum Gasteiger partial charge on any atom is 0.208 e. The summed E-state index contributed by atoms with van der Waals surface area (Å²) in [6.45, 7) is 4.55. The van der Waals surface area contributed by atoms with Crippen LogP contribution in [0, 0.1) is 6.92 Å². The molecule has 0 unspecified atom stereocenters. The molecule has 0 spiro atoms. The molecular weight excluding hydrogens is 216 g/mol. The first-order valence-corrected chi connectivity index (χ1v) is 5.73. The number of nitrogens with zero attached hydrogens (tertiary/aromatic N) is 4. The Labute approximate surface area is 99.5 Å². The lowest BCUT2D eigenvalue weighted by molar-refractivity contribution is 0.219. The van der Waals surface area contributed by atoms with E-state index in [-0.39, 0.29) is 0 Å². The van der Waals surface area contributed by atoms with Gasteiger partial charge in [-0.15, -0.1) is 0 Å². The fraction of sp³-hybridized carbons (Fsp3) is 0.417. The van der Waals surface area contributed by atoms with E-state index in [1.54, 1.807) is 12.5 Å². The Morgan fingerprint density at radius 2 is 2.35 bits per heavy atom. The van der Waals surface area contributed by atoms with Crippen molar-refractivity contribution in [2.45, 2.75) is 26.4 Å². The second-order valence-corrected chi connectivity index (χ2v) is 4.28. The van der Waals surface area contributed by atoms with Crippen LogP contribution in [0.3, 0.4) is 0 Å². The van der Waals surface area contributed by atoms with E-state index in [4.69, 9.17) is 4.42 Å². The van der Waals surface area contributed by atoms with Gasteiger partial charge in [0.05, 0.1) is 12.7 Å². The summed E-state index contributed by atoms with van der Waals surface area (Å²) >= 11 is 0. The average molecular weight is 230 g/mol. The summed E-state index contributed by atoms with van der Waals surface area (Å²) in [5.74, 6) is 1.62. The first-order valence-electron chi connectivity index (χ1n) is 5.73. The molecule has 17 heavy (non-hydrogen) atoms. The van der Waals surface area contributed by atoms with Crippen molar-refractivity contribution in [2.75, 3.05) is 6.54 Å². The second kappa shape index (κ2) is 4.25. The molecule has 0 amide bonds. The molecule has 3 rings (SSSR count). The topological polar surface area (TPSA) is 55.1 Å². The van der Waals surface area contributed by atoms with Gasteiger partial charge in [0.25, 0.3) is 0 Å². The van der Waals surface area contributed by atoms with E-state index in [1.165, 1.54) is 11.3 Å². The normalized spacial score (nSPS) is 15.8. The van der Waals surface area contributed by atoms with Crippen LogP contribution in [0.2, 0.25) is 0 Å². The number of oxazole rings is 1. The predicted molar refractivity (Wildman–Crippen MR) is 61.1 cm³/mol. The van der Waals surface area contributed by atoms with Crippen molar-refractivity contribution in [1.82, 2.24) is 19.9 Å². The number of hydrogen-bond donors (Lipinski definition) is 0. The Morgan fingerprint density at radius 3 is 3.18 bits per heavy atom. The van der Waals surface area contributed by atoms with E-state index in [0.29, 0.717) is 0 Å². The highest BCUT2D eigenvalue weighted by atomic mass is 16.3. The lowest BCUT2D eigenvalue weighted by Crippen LogP contribution is -2.31. The van der Waals surface area contributed by atoms with Gasteiger partial charge in [-0.1, -0.05) is 0 Å². The van der Waals surface area contributed by atoms with Gasteiger partial charge in [-0.3, -0.25) is 4.90 Å². The van der Waals surface area contributed by atoms with Crippen molar-refractivity contribution in [3.63, 3.8) is 0 Å². The smallest absolute Gasteiger partial charge is 0.208 e. The number of aromatic nitrogens is 3. The van der Waals surface area contributed by atoms with Crippen LogP contribution in [0.5, 0.6) is 0 Å². The SMILES string of the molecule is Cc1ncc2c(n1)CCN(Cc1ncco1)C2. The number of hydrogen-bond acceptors (Lipinski definition) is 5. The van der Waals surface area contributed by atoms with Crippen LogP contribution in [-0.2, 0) is 19.5 Å². The minimum Gasteiger partial charge on any atom is -0.448 e. The van der Waals surface area contributed by atoms with E-state index in [9.17, 15) is 0 Å². The summed E-state index contributed by atoms with van der Waals surface area (Å²) in [6, 6.07) is 0. The zero-order valence-electron chi connectivity index (χ0n) is 9.76. The molecule has 2 aromatic heterocycles. The molecule has 0 saturated heterocycles. The third-order valence-electron chi connectivity index (χ3n) is 2.98. The molecule has 0 bridgehead atoms. The van der Waals surface area contributed by atoms with Crippen molar-refractivity contribution < 1.29 is 4.42 Å². The standard InChI is InChI=1S/C12H14N4O/c1-9-14-6-10-7-16(4-2-11(10)15-9)8-12-13-3-5-17-12/h3,5-6H,2,4,7-8H2,1H3. The van der Waals surface area contributed by atoms with Crippen molar-refractivity contribution in [3.8, 4) is 0 Å². The fourth-order valence-electron chi connectivity index (χ4n) is 2.13. The summed E-state index contributed by atoms with van der Waals surface area (Å²) in [4.78, 5) is 15.2. The minimum atomic E-state index is 0.750. The van der Waals surface area contributed by atoms with Gasteiger partial charge in [-0.25, -0.2) is 15.0 Å². The average Bonchev–Trinajstić information content (AvgIpc) is 2.82. The van der Waals surface area contributed by atoms with Crippen molar-refractivity contribution in [3.05, 3.63) is 41.6 Å². The predicted octanol–water partition coefficient (Wildman–Crippen LogP) is 1.33. The Bertz CT molecular complexity index is 509. The molecule has 0 atom stereocenters. The highest BCUT2D eigenvalue weighted by molar-refractivity contribution is 5.20. The maximum absolute atomic E-state index is 5.26. The number of fused-ring (bicyclic) bond motifs is 1. The van der Waals surface area contributed by atoms with E-state index < -0.39 is 0 Å². The zero-order chi connectivity index (χ0) is 11.7. The van der Waals surface area contributed by atoms with Crippen LogP contribution in [0.1, 0.15) is 23.0 Å². The van der Waals surface area contributed by atoms with Gasteiger partial charge in [-0.2, -0.15) is 0 Å². The number of rotatable bonds is 2. The monoisotopic (exact) mass is 230 g/mol. The van der Waals surface area contributed by atoms with Gasteiger partial charge in [0.1, 0.15) is 12.1 Å². The largest absolute Gasteiger partial charge is 0.448 e. The lowest BCUT2D eigenvalue weighted by atomic mass is 10.1. The molecule has 2 aromatic rings. The Morgan fingerprint density at radius 1 is 1.41 bits per heavy atom. The molecule has 5 nitrogen and oxygen atoms in total. The molecule has 0 N–H and O–H groups in total. The first-order chi connectivity index (χ1) is 8.31. The Balaban J connectivity index is 1.74. The van der Waals surface area contributed by atoms with E-state index in [1.807, 2.05) is 13.1 Å². The summed E-state index contributed by atoms with van der Waals surface area (Å²) in [5.41, 5.74) is 2.40. The van der Waals surface area contributed by atoms with Gasteiger partial charge in [-0.05, 0) is 6.92 Å². The number of aryl methyl sites for hydroxylation is 1. The highest BCUT2D eigenvalue weighted by Gasteiger charge is 2.18. The first kappa shape index (κ1) is 10.4. The van der Waals surface area contributed by atoms with Crippen LogP contribution in [-0.4, -0.2) is 26.4 Å². The molecule has 0 aliphatic carbocycles. The summed E-state index contributed by atoms with van der Waals surface area (Å²) in [7, 11) is 0.